The van der Waals surface area contributed by atoms with Crippen LogP contribution in [-0.2, 0) is 19.6 Å². The van der Waals surface area contributed by atoms with Crippen molar-refractivity contribution in [2.75, 3.05) is 6.54 Å². The van der Waals surface area contributed by atoms with Gasteiger partial charge in [-0.2, -0.15) is 0 Å². The van der Waals surface area contributed by atoms with Crippen molar-refractivity contribution in [3.05, 3.63) is 36.9 Å². The number of imidazole rings is 2. The van der Waals surface area contributed by atoms with Crippen LogP contribution >= 0.6 is 0 Å². The van der Waals surface area contributed by atoms with Gasteiger partial charge < -0.3 is 14.5 Å². The lowest BCUT2D eigenvalue weighted by Gasteiger charge is -2.03. The predicted octanol–water partition coefficient (Wildman–Crippen LogP) is 1.67. The Morgan fingerprint density at radius 1 is 1.22 bits per heavy atom. The fourth-order valence-corrected chi connectivity index (χ4v) is 1.87. The van der Waals surface area contributed by atoms with Crippen LogP contribution in [0, 0.1) is 0 Å². The minimum absolute atomic E-state index is 0.863. The van der Waals surface area contributed by atoms with Gasteiger partial charge in [0.2, 0.25) is 0 Å². The first kappa shape index (κ1) is 12.8. The van der Waals surface area contributed by atoms with E-state index in [9.17, 15) is 0 Å². The quantitative estimate of drug-likeness (QED) is 0.722. The number of nitrogens with one attached hydrogen (secondary N) is 1. The largest absolute Gasteiger partial charge is 0.337 e. The third-order valence-electron chi connectivity index (χ3n) is 2.81. The molecule has 0 fully saturated rings. The molecule has 0 aliphatic heterocycles. The van der Waals surface area contributed by atoms with Crippen molar-refractivity contribution in [3.63, 3.8) is 0 Å². The molecule has 5 heteroatoms. The zero-order chi connectivity index (χ0) is 12.6. The van der Waals surface area contributed by atoms with Gasteiger partial charge in [0.25, 0.3) is 0 Å². The van der Waals surface area contributed by atoms with Gasteiger partial charge in [0, 0.05) is 38.2 Å². The molecule has 0 bridgehead atoms. The Morgan fingerprint density at radius 2 is 2.11 bits per heavy atom. The number of rotatable bonds is 8. The van der Waals surface area contributed by atoms with Gasteiger partial charge in [-0.1, -0.05) is 6.92 Å². The minimum Gasteiger partial charge on any atom is -0.337 e. The van der Waals surface area contributed by atoms with Gasteiger partial charge in [-0.05, 0) is 19.4 Å². The zero-order valence-corrected chi connectivity index (χ0v) is 10.9. The molecule has 0 aromatic carbocycles. The van der Waals surface area contributed by atoms with E-state index < -0.39 is 0 Å². The molecule has 0 aliphatic rings. The Labute approximate surface area is 108 Å². The maximum absolute atomic E-state index is 4.38. The number of aryl methyl sites for hydroxylation is 2. The Hall–Kier alpha value is -1.62. The molecule has 0 aliphatic carbocycles. The van der Waals surface area contributed by atoms with Crippen molar-refractivity contribution in [2.24, 2.45) is 0 Å². The highest BCUT2D eigenvalue weighted by molar-refractivity contribution is 4.96. The van der Waals surface area contributed by atoms with Crippen molar-refractivity contribution < 1.29 is 0 Å². The molecule has 2 rings (SSSR count). The van der Waals surface area contributed by atoms with E-state index >= 15 is 0 Å². The second-order valence-electron chi connectivity index (χ2n) is 4.43. The molecule has 0 radical (unpaired) electrons. The second kappa shape index (κ2) is 6.96. The topological polar surface area (TPSA) is 47.7 Å². The molecule has 5 nitrogen and oxygen atoms in total. The Kier molecular flexibility index (Phi) is 4.96. The van der Waals surface area contributed by atoms with Crippen molar-refractivity contribution >= 4 is 0 Å². The Bertz CT molecular complexity index is 432. The van der Waals surface area contributed by atoms with Crippen LogP contribution in [0.3, 0.4) is 0 Å². The van der Waals surface area contributed by atoms with E-state index in [2.05, 4.69) is 37.5 Å². The van der Waals surface area contributed by atoms with E-state index in [1.807, 2.05) is 25.0 Å². The highest BCUT2D eigenvalue weighted by Gasteiger charge is 1.98. The van der Waals surface area contributed by atoms with E-state index in [1.54, 1.807) is 0 Å². The predicted molar refractivity (Wildman–Crippen MR) is 71.1 cm³/mol. The summed E-state index contributed by atoms with van der Waals surface area (Å²) in [6.07, 6.45) is 11.9. The van der Waals surface area contributed by atoms with Crippen LogP contribution in [-0.4, -0.2) is 25.6 Å². The molecule has 0 atom stereocenters. The lowest BCUT2D eigenvalue weighted by Crippen LogP contribution is -2.13. The summed E-state index contributed by atoms with van der Waals surface area (Å²) in [5, 5.41) is 3.35. The first-order valence-corrected chi connectivity index (χ1v) is 6.55. The van der Waals surface area contributed by atoms with Gasteiger partial charge in [-0.3, -0.25) is 0 Å². The van der Waals surface area contributed by atoms with Crippen molar-refractivity contribution in [1.82, 2.24) is 24.4 Å². The van der Waals surface area contributed by atoms with E-state index in [0.717, 1.165) is 44.7 Å². The molecule has 0 unspecified atom stereocenters. The summed E-state index contributed by atoms with van der Waals surface area (Å²) in [6, 6.07) is 0. The van der Waals surface area contributed by atoms with Crippen molar-refractivity contribution in [3.8, 4) is 0 Å². The summed E-state index contributed by atoms with van der Waals surface area (Å²) in [5.41, 5.74) is 1.12. The van der Waals surface area contributed by atoms with Gasteiger partial charge in [0.15, 0.2) is 0 Å². The molecule has 2 heterocycles. The second-order valence-corrected chi connectivity index (χ2v) is 4.43. The molecular formula is C13H21N5. The average Bonchev–Trinajstić information content (AvgIpc) is 3.01. The van der Waals surface area contributed by atoms with E-state index in [4.69, 9.17) is 0 Å². The average molecular weight is 247 g/mol. The van der Waals surface area contributed by atoms with Crippen LogP contribution < -0.4 is 5.32 Å². The smallest absolute Gasteiger partial charge is 0.0949 e. The third-order valence-corrected chi connectivity index (χ3v) is 2.81. The molecule has 1 N–H and O–H groups in total. The molecule has 98 valence electrons. The van der Waals surface area contributed by atoms with Crippen LogP contribution in [0.2, 0.25) is 0 Å². The first-order valence-electron chi connectivity index (χ1n) is 6.55. The van der Waals surface area contributed by atoms with Gasteiger partial charge in [0.05, 0.1) is 18.3 Å². The summed E-state index contributed by atoms with van der Waals surface area (Å²) in [6.45, 7) is 6.08. The zero-order valence-electron chi connectivity index (χ0n) is 10.9. The Balaban J connectivity index is 1.69. The molecule has 0 spiro atoms. The maximum Gasteiger partial charge on any atom is 0.0949 e. The maximum atomic E-state index is 4.38. The fraction of sp³-hybridized carbons (Fsp3) is 0.538. The highest BCUT2D eigenvalue weighted by Crippen LogP contribution is 1.99. The van der Waals surface area contributed by atoms with Crippen LogP contribution in [0.5, 0.6) is 0 Å². The monoisotopic (exact) mass is 247 g/mol. The van der Waals surface area contributed by atoms with Gasteiger partial charge in [0.1, 0.15) is 0 Å². The summed E-state index contributed by atoms with van der Waals surface area (Å²) in [4.78, 5) is 8.41. The number of hydrogen-bond donors (Lipinski definition) is 1. The van der Waals surface area contributed by atoms with Crippen LogP contribution in [0.1, 0.15) is 25.5 Å². The van der Waals surface area contributed by atoms with Gasteiger partial charge in [-0.25, -0.2) is 9.97 Å². The molecular weight excluding hydrogens is 226 g/mol. The molecule has 0 amide bonds. The van der Waals surface area contributed by atoms with Crippen LogP contribution in [0.25, 0.3) is 0 Å². The van der Waals surface area contributed by atoms with E-state index in [-0.39, 0.29) is 0 Å². The Morgan fingerprint density at radius 3 is 2.89 bits per heavy atom. The molecule has 2 aromatic rings. The normalized spacial score (nSPS) is 10.9. The van der Waals surface area contributed by atoms with Gasteiger partial charge in [-0.15, -0.1) is 0 Å². The van der Waals surface area contributed by atoms with Crippen LogP contribution in [0.15, 0.2) is 31.2 Å². The number of aromatic nitrogens is 4. The van der Waals surface area contributed by atoms with Crippen molar-refractivity contribution in [1.29, 1.82) is 0 Å². The SMILES string of the molecule is CCCNCc1cn(CCCn2ccnc2)cn1. The molecule has 2 aromatic heterocycles. The van der Waals surface area contributed by atoms with Crippen molar-refractivity contribution in [2.45, 2.75) is 39.4 Å². The summed E-state index contributed by atoms with van der Waals surface area (Å²) in [7, 11) is 0. The molecule has 0 saturated carbocycles. The summed E-state index contributed by atoms with van der Waals surface area (Å²) in [5.74, 6) is 0. The highest BCUT2D eigenvalue weighted by atomic mass is 15.1. The fourth-order valence-electron chi connectivity index (χ4n) is 1.87. The van der Waals surface area contributed by atoms with E-state index in [0.29, 0.717) is 0 Å². The van der Waals surface area contributed by atoms with Crippen LogP contribution in [0.4, 0.5) is 0 Å². The lowest BCUT2D eigenvalue weighted by atomic mass is 10.4. The van der Waals surface area contributed by atoms with Gasteiger partial charge >= 0.3 is 0 Å². The first-order chi connectivity index (χ1) is 8.88. The standard InChI is InChI=1S/C13H21N5/c1-2-4-14-9-13-10-18(12-16-13)7-3-6-17-8-5-15-11-17/h5,8,10-12,14H,2-4,6-7,9H2,1H3. The summed E-state index contributed by atoms with van der Waals surface area (Å²) >= 11 is 0. The molecule has 18 heavy (non-hydrogen) atoms. The molecule has 0 saturated heterocycles. The van der Waals surface area contributed by atoms with E-state index in [1.165, 1.54) is 0 Å². The third kappa shape index (κ3) is 4.00. The number of hydrogen-bond acceptors (Lipinski definition) is 3. The number of nitrogens with zero attached hydrogens (tertiary/aromatic N) is 4. The minimum atomic E-state index is 0.863. The summed E-state index contributed by atoms with van der Waals surface area (Å²) < 4.78 is 4.25. The lowest BCUT2D eigenvalue weighted by molar-refractivity contribution is 0.562.